The van der Waals surface area contributed by atoms with Crippen LogP contribution in [-0.4, -0.2) is 36.6 Å². The van der Waals surface area contributed by atoms with E-state index in [1.54, 1.807) is 0 Å². The van der Waals surface area contributed by atoms with Gasteiger partial charge in [-0.1, -0.05) is 6.08 Å². The van der Waals surface area contributed by atoms with Crippen LogP contribution in [-0.2, 0) is 0 Å². The van der Waals surface area contributed by atoms with Crippen molar-refractivity contribution in [1.82, 2.24) is 9.88 Å². The Bertz CT molecular complexity index is 559. The first-order valence-corrected chi connectivity index (χ1v) is 7.20. The van der Waals surface area contributed by atoms with E-state index in [1.165, 1.54) is 16.6 Å². The van der Waals surface area contributed by atoms with Crippen LogP contribution in [0.15, 0.2) is 36.9 Å². The van der Waals surface area contributed by atoms with Crippen molar-refractivity contribution >= 4 is 10.9 Å². The third kappa shape index (κ3) is 4.14. The first kappa shape index (κ1) is 14.7. The molecular formula is C17H24N2O. The fourth-order valence-corrected chi connectivity index (χ4v) is 2.33. The van der Waals surface area contributed by atoms with E-state index in [0.717, 1.165) is 38.3 Å². The average molecular weight is 272 g/mol. The molecule has 0 bridgehead atoms. The maximum atomic E-state index is 5.81. The number of hydrogen-bond donors (Lipinski definition) is 1. The van der Waals surface area contributed by atoms with Gasteiger partial charge in [0.1, 0.15) is 5.75 Å². The molecule has 0 unspecified atom stereocenters. The van der Waals surface area contributed by atoms with E-state index in [-0.39, 0.29) is 0 Å². The second-order valence-electron chi connectivity index (χ2n) is 5.31. The number of unbranched alkanes of at least 4 members (excludes halogenated alkanes) is 1. The minimum Gasteiger partial charge on any atom is -0.494 e. The molecule has 2 aromatic rings. The molecule has 0 saturated carbocycles. The van der Waals surface area contributed by atoms with Gasteiger partial charge in [0.25, 0.3) is 0 Å². The normalized spacial score (nSPS) is 11.2. The van der Waals surface area contributed by atoms with Crippen molar-refractivity contribution in [3.63, 3.8) is 0 Å². The van der Waals surface area contributed by atoms with Gasteiger partial charge in [-0.25, -0.2) is 0 Å². The predicted molar refractivity (Wildman–Crippen MR) is 85.5 cm³/mol. The highest BCUT2D eigenvalue weighted by Gasteiger charge is 2.00. The lowest BCUT2D eigenvalue weighted by atomic mass is 10.2. The monoisotopic (exact) mass is 272 g/mol. The van der Waals surface area contributed by atoms with Gasteiger partial charge in [0.2, 0.25) is 0 Å². The molecule has 0 aliphatic heterocycles. The van der Waals surface area contributed by atoms with E-state index in [9.17, 15) is 0 Å². The van der Waals surface area contributed by atoms with Crippen molar-refractivity contribution in [2.24, 2.45) is 0 Å². The lowest BCUT2D eigenvalue weighted by Gasteiger charge is -2.13. The van der Waals surface area contributed by atoms with Gasteiger partial charge >= 0.3 is 0 Å². The Morgan fingerprint density at radius 3 is 2.95 bits per heavy atom. The molecule has 1 heterocycles. The van der Waals surface area contributed by atoms with Crippen LogP contribution in [0.4, 0.5) is 0 Å². The van der Waals surface area contributed by atoms with Crippen LogP contribution in [0.2, 0.25) is 0 Å². The molecule has 3 heteroatoms. The molecule has 1 N–H and O–H groups in total. The summed E-state index contributed by atoms with van der Waals surface area (Å²) in [5.41, 5.74) is 2.35. The Balaban J connectivity index is 1.74. The highest BCUT2D eigenvalue weighted by Crippen LogP contribution is 2.21. The zero-order valence-corrected chi connectivity index (χ0v) is 12.5. The lowest BCUT2D eigenvalue weighted by Crippen LogP contribution is -2.19. The second-order valence-corrected chi connectivity index (χ2v) is 5.31. The van der Waals surface area contributed by atoms with Crippen LogP contribution in [0.25, 0.3) is 10.9 Å². The van der Waals surface area contributed by atoms with Crippen molar-refractivity contribution in [2.45, 2.75) is 19.8 Å². The zero-order valence-electron chi connectivity index (χ0n) is 12.5. The summed E-state index contributed by atoms with van der Waals surface area (Å²) in [5, 5.41) is 1.21. The number of H-pyrrole nitrogens is 1. The van der Waals surface area contributed by atoms with E-state index < -0.39 is 0 Å². The minimum absolute atomic E-state index is 0.775. The van der Waals surface area contributed by atoms with Gasteiger partial charge in [0, 0.05) is 23.1 Å². The largest absolute Gasteiger partial charge is 0.494 e. The van der Waals surface area contributed by atoms with E-state index in [1.807, 2.05) is 12.1 Å². The summed E-state index contributed by atoms with van der Waals surface area (Å²) in [6.45, 7) is 8.62. The number of nitrogens with zero attached hydrogens (tertiary/aromatic N) is 1. The third-order valence-corrected chi connectivity index (χ3v) is 3.37. The number of hydrogen-bond acceptors (Lipinski definition) is 2. The molecule has 0 atom stereocenters. The standard InChI is InChI=1S/C17H24N2O/c1-4-9-19(3)10-5-6-11-20-16-7-8-17-15(13-16)12-14(2)18-17/h4,7-8,12-13,18H,1,5-6,9-11H2,2-3H3. The highest BCUT2D eigenvalue weighted by molar-refractivity contribution is 5.81. The topological polar surface area (TPSA) is 28.3 Å². The smallest absolute Gasteiger partial charge is 0.120 e. The molecule has 0 saturated heterocycles. The Labute approximate surface area is 121 Å². The summed E-state index contributed by atoms with van der Waals surface area (Å²) in [6.07, 6.45) is 4.16. The number of aromatic amines is 1. The highest BCUT2D eigenvalue weighted by atomic mass is 16.5. The first-order valence-electron chi connectivity index (χ1n) is 7.20. The number of nitrogens with one attached hydrogen (secondary N) is 1. The molecular weight excluding hydrogens is 248 g/mol. The molecule has 0 aliphatic carbocycles. The molecule has 1 aromatic heterocycles. The number of rotatable bonds is 8. The van der Waals surface area contributed by atoms with Crippen molar-refractivity contribution in [1.29, 1.82) is 0 Å². The van der Waals surface area contributed by atoms with Crippen LogP contribution < -0.4 is 4.74 Å². The summed E-state index contributed by atoms with van der Waals surface area (Å²) in [4.78, 5) is 5.58. The number of ether oxygens (including phenoxy) is 1. The van der Waals surface area contributed by atoms with Gasteiger partial charge in [-0.15, -0.1) is 6.58 Å². The minimum atomic E-state index is 0.775. The Hall–Kier alpha value is -1.74. The Kier molecular flexibility index (Phi) is 5.24. The Morgan fingerprint density at radius 2 is 2.15 bits per heavy atom. The molecule has 0 fully saturated rings. The number of fused-ring (bicyclic) bond motifs is 1. The van der Waals surface area contributed by atoms with Gasteiger partial charge in [-0.2, -0.15) is 0 Å². The van der Waals surface area contributed by atoms with Crippen LogP contribution in [0, 0.1) is 6.92 Å². The lowest BCUT2D eigenvalue weighted by molar-refractivity contribution is 0.288. The van der Waals surface area contributed by atoms with E-state index in [4.69, 9.17) is 4.74 Å². The molecule has 0 amide bonds. The van der Waals surface area contributed by atoms with Crippen LogP contribution >= 0.6 is 0 Å². The molecule has 0 spiro atoms. The summed E-state index contributed by atoms with van der Waals surface area (Å²) >= 11 is 0. The molecule has 20 heavy (non-hydrogen) atoms. The third-order valence-electron chi connectivity index (χ3n) is 3.37. The molecule has 108 valence electrons. The van der Waals surface area contributed by atoms with Crippen LogP contribution in [0.5, 0.6) is 5.75 Å². The first-order chi connectivity index (χ1) is 9.69. The van der Waals surface area contributed by atoms with Gasteiger partial charge in [0.15, 0.2) is 0 Å². The fourth-order valence-electron chi connectivity index (χ4n) is 2.33. The van der Waals surface area contributed by atoms with Crippen molar-refractivity contribution in [3.05, 3.63) is 42.6 Å². The molecule has 3 nitrogen and oxygen atoms in total. The number of aryl methyl sites for hydroxylation is 1. The summed E-state index contributed by atoms with van der Waals surface area (Å²) in [7, 11) is 2.12. The predicted octanol–water partition coefficient (Wildman–Crippen LogP) is 3.75. The van der Waals surface area contributed by atoms with E-state index >= 15 is 0 Å². The van der Waals surface area contributed by atoms with Crippen LogP contribution in [0.3, 0.4) is 0 Å². The number of benzene rings is 1. The van der Waals surface area contributed by atoms with Gasteiger partial charge in [-0.3, -0.25) is 0 Å². The number of likely N-dealkylation sites (N-methyl/N-ethyl adjacent to an activating group) is 1. The van der Waals surface area contributed by atoms with Crippen molar-refractivity contribution in [2.75, 3.05) is 26.7 Å². The van der Waals surface area contributed by atoms with E-state index in [0.29, 0.717) is 0 Å². The van der Waals surface area contributed by atoms with Crippen LogP contribution in [0.1, 0.15) is 18.5 Å². The molecule has 1 aromatic carbocycles. The summed E-state index contributed by atoms with van der Waals surface area (Å²) in [5.74, 6) is 0.955. The fraction of sp³-hybridized carbons (Fsp3) is 0.412. The van der Waals surface area contributed by atoms with Crippen molar-refractivity contribution < 1.29 is 4.74 Å². The SMILES string of the molecule is C=CCN(C)CCCCOc1ccc2[nH]c(C)cc2c1. The van der Waals surface area contributed by atoms with Gasteiger partial charge < -0.3 is 14.6 Å². The summed E-state index contributed by atoms with van der Waals surface area (Å²) < 4.78 is 5.81. The maximum absolute atomic E-state index is 5.81. The van der Waals surface area contributed by atoms with Gasteiger partial charge in [0.05, 0.1) is 6.61 Å². The second kappa shape index (κ2) is 7.15. The molecule has 0 aliphatic rings. The maximum Gasteiger partial charge on any atom is 0.120 e. The van der Waals surface area contributed by atoms with E-state index in [2.05, 4.69) is 48.6 Å². The molecule has 0 radical (unpaired) electrons. The molecule has 2 rings (SSSR count). The quantitative estimate of drug-likeness (QED) is 0.585. The van der Waals surface area contributed by atoms with Gasteiger partial charge in [-0.05, 0) is 57.6 Å². The number of aromatic nitrogens is 1. The zero-order chi connectivity index (χ0) is 14.4. The Morgan fingerprint density at radius 1 is 1.30 bits per heavy atom. The average Bonchev–Trinajstić information content (AvgIpc) is 2.78. The van der Waals surface area contributed by atoms with Crippen molar-refractivity contribution in [3.8, 4) is 5.75 Å². The summed E-state index contributed by atoms with van der Waals surface area (Å²) in [6, 6.07) is 8.35.